The standard InChI is InChI=1S/C23H24NPS/c1-2-26-18-17-24-19-20-11-9-10-16-23(20)25(21-12-5-3-6-13-21)22-14-7-4-8-15-22/h3-16,19H,2,17-18H2,1H3. The zero-order valence-electron chi connectivity index (χ0n) is 15.1. The van der Waals surface area contributed by atoms with Gasteiger partial charge in [-0.1, -0.05) is 91.9 Å². The van der Waals surface area contributed by atoms with E-state index in [9.17, 15) is 0 Å². The molecule has 132 valence electrons. The van der Waals surface area contributed by atoms with Crippen molar-refractivity contribution in [2.75, 3.05) is 18.1 Å². The molecular weight excluding hydrogens is 353 g/mol. The third kappa shape index (κ3) is 5.06. The Bertz CT molecular complexity index is 778. The Labute approximate surface area is 162 Å². The molecule has 0 fully saturated rings. The molecule has 0 spiro atoms. The van der Waals surface area contributed by atoms with Crippen molar-refractivity contribution < 1.29 is 0 Å². The van der Waals surface area contributed by atoms with Gasteiger partial charge in [-0.15, -0.1) is 0 Å². The van der Waals surface area contributed by atoms with Gasteiger partial charge in [0.25, 0.3) is 0 Å². The Kier molecular flexibility index (Phi) is 7.49. The molecule has 0 aliphatic carbocycles. The van der Waals surface area contributed by atoms with Gasteiger partial charge in [0.05, 0.1) is 0 Å². The first-order valence-corrected chi connectivity index (χ1v) is 11.5. The van der Waals surface area contributed by atoms with Crippen molar-refractivity contribution in [2.45, 2.75) is 6.92 Å². The molecule has 0 aliphatic rings. The maximum Gasteiger partial charge on any atom is 0.0480 e. The highest BCUT2D eigenvalue weighted by molar-refractivity contribution is 7.99. The third-order valence-corrected chi connectivity index (χ3v) is 7.40. The van der Waals surface area contributed by atoms with Crippen LogP contribution in [-0.4, -0.2) is 24.3 Å². The van der Waals surface area contributed by atoms with Gasteiger partial charge in [0.2, 0.25) is 0 Å². The summed E-state index contributed by atoms with van der Waals surface area (Å²) >= 11 is 1.94. The highest BCUT2D eigenvalue weighted by Gasteiger charge is 2.18. The van der Waals surface area contributed by atoms with Crippen LogP contribution in [0.5, 0.6) is 0 Å². The Morgan fingerprint density at radius 2 is 1.38 bits per heavy atom. The second-order valence-electron chi connectivity index (χ2n) is 5.80. The molecule has 0 saturated carbocycles. The highest BCUT2D eigenvalue weighted by Crippen LogP contribution is 2.33. The summed E-state index contributed by atoms with van der Waals surface area (Å²) in [6.07, 6.45) is 2.06. The van der Waals surface area contributed by atoms with Crippen LogP contribution >= 0.6 is 19.7 Å². The summed E-state index contributed by atoms with van der Waals surface area (Å²) in [4.78, 5) is 4.67. The van der Waals surface area contributed by atoms with Gasteiger partial charge in [0, 0.05) is 24.1 Å². The smallest absolute Gasteiger partial charge is 0.0480 e. The Hall–Kier alpha value is -1.89. The van der Waals surface area contributed by atoms with Crippen LogP contribution in [-0.2, 0) is 0 Å². The van der Waals surface area contributed by atoms with Crippen LogP contribution in [0.1, 0.15) is 12.5 Å². The zero-order chi connectivity index (χ0) is 18.0. The summed E-state index contributed by atoms with van der Waals surface area (Å²) in [5.41, 5.74) is 1.23. The van der Waals surface area contributed by atoms with E-state index in [0.29, 0.717) is 0 Å². The number of rotatable bonds is 8. The lowest BCUT2D eigenvalue weighted by atomic mass is 10.2. The molecule has 0 atom stereocenters. The lowest BCUT2D eigenvalue weighted by molar-refractivity contribution is 1.15. The van der Waals surface area contributed by atoms with Gasteiger partial charge in [-0.2, -0.15) is 11.8 Å². The number of benzene rings is 3. The monoisotopic (exact) mass is 377 g/mol. The summed E-state index contributed by atoms with van der Waals surface area (Å²) < 4.78 is 0. The van der Waals surface area contributed by atoms with E-state index in [0.717, 1.165) is 18.1 Å². The topological polar surface area (TPSA) is 12.4 Å². The van der Waals surface area contributed by atoms with E-state index in [2.05, 4.69) is 103 Å². The number of hydrogen-bond donors (Lipinski definition) is 0. The molecule has 3 aromatic rings. The molecule has 3 rings (SSSR count). The lowest BCUT2D eigenvalue weighted by Crippen LogP contribution is -2.23. The van der Waals surface area contributed by atoms with E-state index in [4.69, 9.17) is 0 Å². The van der Waals surface area contributed by atoms with E-state index in [-0.39, 0.29) is 0 Å². The molecule has 0 aromatic heterocycles. The highest BCUT2D eigenvalue weighted by atomic mass is 32.2. The number of aliphatic imine (C=N–C) groups is 1. The Balaban J connectivity index is 1.97. The molecule has 0 unspecified atom stereocenters. The summed E-state index contributed by atoms with van der Waals surface area (Å²) in [7, 11) is -0.591. The van der Waals surface area contributed by atoms with Crippen molar-refractivity contribution in [3.63, 3.8) is 0 Å². The van der Waals surface area contributed by atoms with Crippen LogP contribution in [0.2, 0.25) is 0 Å². The van der Waals surface area contributed by atoms with E-state index >= 15 is 0 Å². The molecule has 0 N–H and O–H groups in total. The van der Waals surface area contributed by atoms with E-state index in [1.165, 1.54) is 21.5 Å². The quantitative estimate of drug-likeness (QED) is 0.317. The molecule has 26 heavy (non-hydrogen) atoms. The molecule has 0 aliphatic heterocycles. The van der Waals surface area contributed by atoms with E-state index < -0.39 is 7.92 Å². The van der Waals surface area contributed by atoms with Crippen LogP contribution in [0.25, 0.3) is 0 Å². The number of nitrogens with zero attached hydrogens (tertiary/aromatic N) is 1. The summed E-state index contributed by atoms with van der Waals surface area (Å²) in [5.74, 6) is 2.24. The second-order valence-corrected chi connectivity index (χ2v) is 9.38. The molecule has 1 nitrogen and oxygen atoms in total. The largest absolute Gasteiger partial charge is 0.292 e. The van der Waals surface area contributed by atoms with E-state index in [1.54, 1.807) is 0 Å². The maximum absolute atomic E-state index is 4.67. The first kappa shape index (κ1) is 18.9. The molecule has 0 amide bonds. The predicted molar refractivity (Wildman–Crippen MR) is 121 cm³/mol. The average Bonchev–Trinajstić information content (AvgIpc) is 2.71. The van der Waals surface area contributed by atoms with Crippen molar-refractivity contribution in [1.82, 2.24) is 0 Å². The van der Waals surface area contributed by atoms with Crippen LogP contribution in [0.4, 0.5) is 0 Å². The maximum atomic E-state index is 4.67. The average molecular weight is 377 g/mol. The van der Waals surface area contributed by atoms with Gasteiger partial charge in [-0.05, 0) is 29.6 Å². The van der Waals surface area contributed by atoms with Gasteiger partial charge in [-0.3, -0.25) is 4.99 Å². The molecule has 0 saturated heterocycles. The molecule has 0 heterocycles. The van der Waals surface area contributed by atoms with Crippen LogP contribution in [0.3, 0.4) is 0 Å². The fraction of sp³-hybridized carbons (Fsp3) is 0.174. The second kappa shape index (κ2) is 10.3. The van der Waals surface area contributed by atoms with Gasteiger partial charge < -0.3 is 0 Å². The molecule has 0 radical (unpaired) electrons. The van der Waals surface area contributed by atoms with Gasteiger partial charge in [-0.25, -0.2) is 0 Å². The summed E-state index contributed by atoms with van der Waals surface area (Å²) in [5, 5.41) is 4.11. The minimum Gasteiger partial charge on any atom is -0.292 e. The Morgan fingerprint density at radius 1 is 0.808 bits per heavy atom. The minimum atomic E-state index is -0.591. The molecule has 3 heteroatoms. The van der Waals surface area contributed by atoms with Gasteiger partial charge in [0.15, 0.2) is 0 Å². The fourth-order valence-corrected chi connectivity index (χ4v) is 5.75. The third-order valence-electron chi connectivity index (χ3n) is 4.01. The first-order valence-electron chi connectivity index (χ1n) is 8.97. The van der Waals surface area contributed by atoms with Gasteiger partial charge >= 0.3 is 0 Å². The summed E-state index contributed by atoms with van der Waals surface area (Å²) in [6, 6.07) is 30.3. The van der Waals surface area contributed by atoms with Crippen molar-refractivity contribution >= 4 is 41.8 Å². The van der Waals surface area contributed by atoms with Crippen molar-refractivity contribution in [3.8, 4) is 0 Å². The number of thioether (sulfide) groups is 1. The van der Waals surface area contributed by atoms with E-state index in [1.807, 2.05) is 11.8 Å². The molecular formula is C23H24NPS. The van der Waals surface area contributed by atoms with Crippen LogP contribution < -0.4 is 15.9 Å². The fourth-order valence-electron chi connectivity index (χ4n) is 2.81. The van der Waals surface area contributed by atoms with Crippen LogP contribution in [0.15, 0.2) is 89.9 Å². The van der Waals surface area contributed by atoms with Gasteiger partial charge in [0.1, 0.15) is 0 Å². The minimum absolute atomic E-state index is 0.591. The predicted octanol–water partition coefficient (Wildman–Crippen LogP) is 4.62. The van der Waals surface area contributed by atoms with Crippen molar-refractivity contribution in [3.05, 3.63) is 90.5 Å². The molecule has 3 aromatic carbocycles. The van der Waals surface area contributed by atoms with Crippen molar-refractivity contribution in [1.29, 1.82) is 0 Å². The SMILES string of the molecule is CCSCCN=Cc1ccccc1P(c1ccccc1)c1ccccc1. The molecule has 0 bridgehead atoms. The number of hydrogen-bond acceptors (Lipinski definition) is 2. The lowest BCUT2D eigenvalue weighted by Gasteiger charge is -2.21. The van der Waals surface area contributed by atoms with Crippen LogP contribution in [0, 0.1) is 0 Å². The van der Waals surface area contributed by atoms with Crippen molar-refractivity contribution in [2.24, 2.45) is 4.99 Å². The Morgan fingerprint density at radius 3 is 2.00 bits per heavy atom. The summed E-state index contributed by atoms with van der Waals surface area (Å²) in [6.45, 7) is 3.07. The zero-order valence-corrected chi connectivity index (χ0v) is 16.8. The first-order chi connectivity index (χ1) is 12.9. The normalized spacial score (nSPS) is 11.3.